The summed E-state index contributed by atoms with van der Waals surface area (Å²) in [6.07, 6.45) is 3.10. The van der Waals surface area contributed by atoms with Crippen LogP contribution >= 0.6 is 0 Å². The first-order valence-electron chi connectivity index (χ1n) is 4.60. The lowest BCUT2D eigenvalue weighted by Gasteiger charge is -2.25. The first-order valence-corrected chi connectivity index (χ1v) is 4.60. The Bertz CT molecular complexity index is 156. The average molecular weight is 172 g/mol. The summed E-state index contributed by atoms with van der Waals surface area (Å²) in [4.78, 5) is 11.2. The molecule has 0 aromatic rings. The van der Waals surface area contributed by atoms with Crippen LogP contribution in [0.25, 0.3) is 0 Å². The van der Waals surface area contributed by atoms with E-state index < -0.39 is 6.10 Å². The minimum absolute atomic E-state index is 0.232. The van der Waals surface area contributed by atoms with Crippen LogP contribution < -0.4 is 0 Å². The van der Waals surface area contributed by atoms with Gasteiger partial charge in [0.15, 0.2) is 0 Å². The molecule has 0 spiro atoms. The molecule has 1 aliphatic rings. The van der Waals surface area contributed by atoms with Gasteiger partial charge >= 0.3 is 5.97 Å². The second-order valence-corrected chi connectivity index (χ2v) is 3.21. The fourth-order valence-electron chi connectivity index (χ4n) is 1.64. The Morgan fingerprint density at radius 2 is 2.17 bits per heavy atom. The quantitative estimate of drug-likeness (QED) is 0.634. The normalized spacial score (nSPS) is 29.8. The molecule has 0 unspecified atom stereocenters. The largest absolute Gasteiger partial charge is 0.466 e. The smallest absolute Gasteiger partial charge is 0.311 e. The maximum absolute atomic E-state index is 11.2. The summed E-state index contributed by atoms with van der Waals surface area (Å²) in [5.41, 5.74) is 0. The van der Waals surface area contributed by atoms with Crippen LogP contribution in [0.3, 0.4) is 0 Å². The third-order valence-corrected chi connectivity index (χ3v) is 2.32. The van der Waals surface area contributed by atoms with Crippen LogP contribution in [0.2, 0.25) is 0 Å². The lowest BCUT2D eigenvalue weighted by molar-refractivity contribution is -0.153. The van der Waals surface area contributed by atoms with Gasteiger partial charge in [-0.2, -0.15) is 0 Å². The summed E-state index contributed by atoms with van der Waals surface area (Å²) in [6.45, 7) is 2.19. The van der Waals surface area contributed by atoms with Crippen LogP contribution in [-0.2, 0) is 9.53 Å². The predicted octanol–water partition coefficient (Wildman–Crippen LogP) is 1.10. The van der Waals surface area contributed by atoms with Crippen molar-refractivity contribution in [1.82, 2.24) is 0 Å². The molecule has 3 nitrogen and oxygen atoms in total. The van der Waals surface area contributed by atoms with E-state index in [-0.39, 0.29) is 11.9 Å². The van der Waals surface area contributed by atoms with Crippen molar-refractivity contribution in [2.75, 3.05) is 6.61 Å². The molecule has 1 fully saturated rings. The van der Waals surface area contributed by atoms with Gasteiger partial charge in [-0.25, -0.2) is 0 Å². The highest BCUT2D eigenvalue weighted by atomic mass is 16.5. The molecule has 0 aromatic heterocycles. The van der Waals surface area contributed by atoms with Gasteiger partial charge in [0.2, 0.25) is 0 Å². The highest BCUT2D eigenvalue weighted by Crippen LogP contribution is 2.25. The monoisotopic (exact) mass is 172 g/mol. The van der Waals surface area contributed by atoms with Crippen molar-refractivity contribution in [2.45, 2.75) is 38.7 Å². The van der Waals surface area contributed by atoms with E-state index in [0.29, 0.717) is 6.61 Å². The minimum atomic E-state index is -0.474. The second-order valence-electron chi connectivity index (χ2n) is 3.21. The maximum atomic E-state index is 11.2. The van der Waals surface area contributed by atoms with Crippen molar-refractivity contribution in [3.63, 3.8) is 0 Å². The van der Waals surface area contributed by atoms with Gasteiger partial charge in [0.25, 0.3) is 0 Å². The molecule has 1 saturated carbocycles. The van der Waals surface area contributed by atoms with Gasteiger partial charge in [0.1, 0.15) is 0 Å². The van der Waals surface area contributed by atoms with Gasteiger partial charge in [0.05, 0.1) is 18.6 Å². The van der Waals surface area contributed by atoms with Crippen molar-refractivity contribution in [2.24, 2.45) is 5.92 Å². The van der Waals surface area contributed by atoms with Gasteiger partial charge in [-0.1, -0.05) is 12.8 Å². The van der Waals surface area contributed by atoms with Gasteiger partial charge in [-0.15, -0.1) is 0 Å². The van der Waals surface area contributed by atoms with Crippen molar-refractivity contribution in [1.29, 1.82) is 0 Å². The minimum Gasteiger partial charge on any atom is -0.466 e. The molecule has 0 aromatic carbocycles. The molecule has 3 heteroatoms. The van der Waals surface area contributed by atoms with Crippen molar-refractivity contribution in [3.05, 3.63) is 0 Å². The van der Waals surface area contributed by atoms with E-state index in [9.17, 15) is 9.90 Å². The van der Waals surface area contributed by atoms with E-state index in [1.807, 2.05) is 0 Å². The van der Waals surface area contributed by atoms with Crippen LogP contribution in [0.4, 0.5) is 0 Å². The highest BCUT2D eigenvalue weighted by molar-refractivity contribution is 5.73. The number of carbonyl (C=O) groups is 1. The van der Waals surface area contributed by atoms with E-state index in [1.54, 1.807) is 6.92 Å². The summed E-state index contributed by atoms with van der Waals surface area (Å²) < 4.78 is 4.85. The van der Waals surface area contributed by atoms with Crippen molar-refractivity contribution >= 4 is 5.97 Å². The molecule has 70 valence electrons. The van der Waals surface area contributed by atoms with E-state index in [4.69, 9.17) is 4.74 Å². The number of carbonyl (C=O) groups excluding carboxylic acids is 1. The summed E-state index contributed by atoms with van der Waals surface area (Å²) in [5, 5.41) is 9.47. The molecule has 0 amide bonds. The number of esters is 1. The van der Waals surface area contributed by atoms with Gasteiger partial charge < -0.3 is 9.84 Å². The van der Waals surface area contributed by atoms with Gasteiger partial charge in [-0.3, -0.25) is 4.79 Å². The molecule has 1 aliphatic carbocycles. The molecule has 0 heterocycles. The Balaban J connectivity index is 2.42. The molecule has 0 aliphatic heterocycles. The fourth-order valence-corrected chi connectivity index (χ4v) is 1.64. The van der Waals surface area contributed by atoms with E-state index in [0.717, 1.165) is 25.7 Å². The Morgan fingerprint density at radius 3 is 2.75 bits per heavy atom. The van der Waals surface area contributed by atoms with E-state index in [2.05, 4.69) is 0 Å². The summed E-state index contributed by atoms with van der Waals surface area (Å²) in [5.74, 6) is -0.497. The highest BCUT2D eigenvalue weighted by Gasteiger charge is 2.30. The SMILES string of the molecule is CCOC(=O)[C@@H]1CCCC[C@@H]1O. The first-order chi connectivity index (χ1) is 5.75. The van der Waals surface area contributed by atoms with Crippen LogP contribution in [0.5, 0.6) is 0 Å². The van der Waals surface area contributed by atoms with Crippen molar-refractivity contribution in [3.8, 4) is 0 Å². The number of aliphatic hydroxyl groups excluding tert-OH is 1. The fraction of sp³-hybridized carbons (Fsp3) is 0.889. The number of aliphatic hydroxyl groups is 1. The molecule has 1 rings (SSSR count). The zero-order chi connectivity index (χ0) is 8.97. The Hall–Kier alpha value is -0.570. The molecule has 2 atom stereocenters. The summed E-state index contributed by atoms with van der Waals surface area (Å²) in [6, 6.07) is 0. The Morgan fingerprint density at radius 1 is 1.50 bits per heavy atom. The van der Waals surface area contributed by atoms with Crippen LogP contribution in [0.1, 0.15) is 32.6 Å². The number of hydrogen-bond donors (Lipinski definition) is 1. The van der Waals surface area contributed by atoms with Gasteiger partial charge in [0, 0.05) is 0 Å². The molecule has 1 N–H and O–H groups in total. The Labute approximate surface area is 72.7 Å². The lowest BCUT2D eigenvalue weighted by Crippen LogP contribution is -2.32. The second kappa shape index (κ2) is 4.45. The molecular weight excluding hydrogens is 156 g/mol. The molecular formula is C9H16O3. The standard InChI is InChI=1S/C9H16O3/c1-2-12-9(11)7-5-3-4-6-8(7)10/h7-8,10H,2-6H2,1H3/t7-,8+/m1/s1. The first kappa shape index (κ1) is 9.52. The number of rotatable bonds is 2. The molecule has 0 saturated heterocycles. The van der Waals surface area contributed by atoms with Crippen LogP contribution in [-0.4, -0.2) is 23.8 Å². The average Bonchev–Trinajstić information content (AvgIpc) is 2.05. The van der Waals surface area contributed by atoms with E-state index >= 15 is 0 Å². The summed E-state index contributed by atoms with van der Waals surface area (Å²) >= 11 is 0. The Kier molecular flexibility index (Phi) is 3.53. The number of hydrogen-bond acceptors (Lipinski definition) is 3. The van der Waals surface area contributed by atoms with Crippen LogP contribution in [0, 0.1) is 5.92 Å². The van der Waals surface area contributed by atoms with Crippen molar-refractivity contribution < 1.29 is 14.6 Å². The summed E-state index contributed by atoms with van der Waals surface area (Å²) in [7, 11) is 0. The zero-order valence-corrected chi connectivity index (χ0v) is 7.45. The van der Waals surface area contributed by atoms with E-state index in [1.165, 1.54) is 0 Å². The molecule has 12 heavy (non-hydrogen) atoms. The lowest BCUT2D eigenvalue weighted by atomic mass is 9.87. The zero-order valence-electron chi connectivity index (χ0n) is 7.45. The van der Waals surface area contributed by atoms with Gasteiger partial charge in [-0.05, 0) is 19.8 Å². The number of ether oxygens (including phenoxy) is 1. The topological polar surface area (TPSA) is 46.5 Å². The van der Waals surface area contributed by atoms with Crippen LogP contribution in [0.15, 0.2) is 0 Å². The third-order valence-electron chi connectivity index (χ3n) is 2.32. The molecule has 0 radical (unpaired) electrons. The maximum Gasteiger partial charge on any atom is 0.311 e. The predicted molar refractivity (Wildman–Crippen MR) is 44.6 cm³/mol. The molecule has 0 bridgehead atoms. The third kappa shape index (κ3) is 2.21.